The lowest BCUT2D eigenvalue weighted by molar-refractivity contribution is 0.0697. The number of aromatic carboxylic acids is 1. The third-order valence-electron chi connectivity index (χ3n) is 5.09. The Morgan fingerprint density at radius 3 is 2.36 bits per heavy atom. The third-order valence-corrected chi connectivity index (χ3v) is 7.03. The number of nitrogens with zero attached hydrogens (tertiary/aromatic N) is 3. The summed E-state index contributed by atoms with van der Waals surface area (Å²) in [7, 11) is -0.229. The molecule has 1 aliphatic rings. The number of rotatable bonds is 6. The molecule has 1 aromatic carbocycles. The Labute approximate surface area is 165 Å². The summed E-state index contributed by atoms with van der Waals surface area (Å²) in [6.07, 6.45) is 2.43. The van der Waals surface area contributed by atoms with Crippen LogP contribution in [0, 0.1) is 5.92 Å². The lowest BCUT2D eigenvalue weighted by Gasteiger charge is -2.32. The molecular formula is C20H25N3O4S. The summed E-state index contributed by atoms with van der Waals surface area (Å²) in [5.74, 6) is -0.554. The molecule has 1 saturated heterocycles. The average Bonchev–Trinajstić information content (AvgIpc) is 2.68. The molecule has 7 nitrogen and oxygen atoms in total. The zero-order valence-electron chi connectivity index (χ0n) is 16.1. The maximum atomic E-state index is 12.2. The number of hydrogen-bond acceptors (Lipinski definition) is 4. The predicted octanol–water partition coefficient (Wildman–Crippen LogP) is 2.51. The molecule has 28 heavy (non-hydrogen) atoms. The van der Waals surface area contributed by atoms with Crippen molar-refractivity contribution in [3.05, 3.63) is 53.7 Å². The second kappa shape index (κ2) is 8.38. The van der Waals surface area contributed by atoms with E-state index in [9.17, 15) is 13.2 Å². The van der Waals surface area contributed by atoms with E-state index >= 15 is 0 Å². The number of carboxylic acid groups (broad SMARTS) is 1. The molecule has 150 valence electrons. The summed E-state index contributed by atoms with van der Waals surface area (Å²) >= 11 is 0. The van der Waals surface area contributed by atoms with Gasteiger partial charge in [0.1, 0.15) is 0 Å². The van der Waals surface area contributed by atoms with E-state index in [0.717, 1.165) is 36.2 Å². The Morgan fingerprint density at radius 1 is 1.14 bits per heavy atom. The van der Waals surface area contributed by atoms with E-state index in [1.807, 2.05) is 18.2 Å². The molecule has 0 saturated carbocycles. The SMILES string of the molecule is CN(C)S(=O)(=O)N1CCC(Cc2cccc(-c3ccc(C(=O)O)cc3)n2)CC1. The first-order valence-electron chi connectivity index (χ1n) is 9.24. The van der Waals surface area contributed by atoms with Gasteiger partial charge in [-0.1, -0.05) is 18.2 Å². The number of piperidine rings is 1. The molecule has 3 rings (SSSR count). The molecule has 1 N–H and O–H groups in total. The van der Waals surface area contributed by atoms with Crippen LogP contribution in [0.25, 0.3) is 11.3 Å². The van der Waals surface area contributed by atoms with Crippen LogP contribution in [-0.2, 0) is 16.6 Å². The maximum Gasteiger partial charge on any atom is 0.335 e. The van der Waals surface area contributed by atoms with Crippen LogP contribution in [-0.4, -0.2) is 60.3 Å². The molecular weight excluding hydrogens is 378 g/mol. The highest BCUT2D eigenvalue weighted by molar-refractivity contribution is 7.86. The smallest absolute Gasteiger partial charge is 0.335 e. The van der Waals surface area contributed by atoms with E-state index in [4.69, 9.17) is 10.1 Å². The second-order valence-corrected chi connectivity index (χ2v) is 9.38. The van der Waals surface area contributed by atoms with Gasteiger partial charge in [0.25, 0.3) is 10.2 Å². The summed E-state index contributed by atoms with van der Waals surface area (Å²) in [4.78, 5) is 15.7. The number of pyridine rings is 1. The van der Waals surface area contributed by atoms with Crippen LogP contribution in [0.15, 0.2) is 42.5 Å². The Balaban J connectivity index is 1.65. The van der Waals surface area contributed by atoms with Crippen LogP contribution in [0.3, 0.4) is 0 Å². The lowest BCUT2D eigenvalue weighted by Crippen LogP contribution is -2.44. The van der Waals surface area contributed by atoms with Crippen molar-refractivity contribution in [3.63, 3.8) is 0 Å². The van der Waals surface area contributed by atoms with E-state index in [1.165, 1.54) is 8.61 Å². The van der Waals surface area contributed by atoms with Crippen molar-refractivity contribution in [1.82, 2.24) is 13.6 Å². The van der Waals surface area contributed by atoms with Crippen LogP contribution in [0.5, 0.6) is 0 Å². The zero-order chi connectivity index (χ0) is 20.3. The summed E-state index contributed by atoms with van der Waals surface area (Å²) < 4.78 is 27.2. The molecule has 0 radical (unpaired) electrons. The van der Waals surface area contributed by atoms with Gasteiger partial charge in [-0.05, 0) is 49.4 Å². The van der Waals surface area contributed by atoms with Crippen molar-refractivity contribution < 1.29 is 18.3 Å². The Hall–Kier alpha value is -2.29. The van der Waals surface area contributed by atoms with Gasteiger partial charge in [-0.25, -0.2) is 4.79 Å². The first kappa shape index (κ1) is 20.4. The Bertz CT molecular complexity index is 934. The minimum Gasteiger partial charge on any atom is -0.478 e. The van der Waals surface area contributed by atoms with Gasteiger partial charge in [-0.15, -0.1) is 0 Å². The number of benzene rings is 1. The highest BCUT2D eigenvalue weighted by Crippen LogP contribution is 2.25. The molecule has 1 fully saturated rings. The average molecular weight is 404 g/mol. The summed E-state index contributed by atoms with van der Waals surface area (Å²) in [5, 5.41) is 9.01. The molecule has 0 atom stereocenters. The van der Waals surface area contributed by atoms with Gasteiger partial charge >= 0.3 is 5.97 Å². The van der Waals surface area contributed by atoms with Crippen LogP contribution in [0.1, 0.15) is 28.9 Å². The summed E-state index contributed by atoms with van der Waals surface area (Å²) in [6.45, 7) is 1.06. The molecule has 1 aliphatic heterocycles. The largest absolute Gasteiger partial charge is 0.478 e. The van der Waals surface area contributed by atoms with Crippen molar-refractivity contribution >= 4 is 16.2 Å². The summed E-state index contributed by atoms with van der Waals surface area (Å²) in [6, 6.07) is 12.5. The van der Waals surface area contributed by atoms with Gasteiger partial charge in [0.05, 0.1) is 11.3 Å². The van der Waals surface area contributed by atoms with E-state index in [0.29, 0.717) is 19.0 Å². The van der Waals surface area contributed by atoms with Gasteiger partial charge in [0.15, 0.2) is 0 Å². The maximum absolute atomic E-state index is 12.2. The van der Waals surface area contributed by atoms with Crippen molar-refractivity contribution in [1.29, 1.82) is 0 Å². The fourth-order valence-electron chi connectivity index (χ4n) is 3.41. The number of carboxylic acids is 1. The topological polar surface area (TPSA) is 90.8 Å². The van der Waals surface area contributed by atoms with Gasteiger partial charge in [0.2, 0.25) is 0 Å². The van der Waals surface area contributed by atoms with Gasteiger partial charge in [-0.2, -0.15) is 17.0 Å². The van der Waals surface area contributed by atoms with E-state index in [2.05, 4.69) is 0 Å². The zero-order valence-corrected chi connectivity index (χ0v) is 16.9. The molecule has 2 heterocycles. The van der Waals surface area contributed by atoms with Gasteiger partial charge < -0.3 is 5.11 Å². The minimum absolute atomic E-state index is 0.249. The molecule has 0 aliphatic carbocycles. The molecule has 8 heteroatoms. The van der Waals surface area contributed by atoms with Crippen LogP contribution < -0.4 is 0 Å². The molecule has 1 aromatic heterocycles. The lowest BCUT2D eigenvalue weighted by atomic mass is 9.93. The first-order chi connectivity index (χ1) is 13.3. The highest BCUT2D eigenvalue weighted by atomic mass is 32.2. The van der Waals surface area contributed by atoms with Crippen molar-refractivity contribution in [2.45, 2.75) is 19.3 Å². The second-order valence-electron chi connectivity index (χ2n) is 7.23. The predicted molar refractivity (Wildman–Crippen MR) is 107 cm³/mol. The third kappa shape index (κ3) is 4.57. The first-order valence-corrected chi connectivity index (χ1v) is 10.6. The van der Waals surface area contributed by atoms with E-state index in [1.54, 1.807) is 38.4 Å². The van der Waals surface area contributed by atoms with Crippen LogP contribution in [0.4, 0.5) is 0 Å². The van der Waals surface area contributed by atoms with Gasteiger partial charge in [-0.3, -0.25) is 4.98 Å². The van der Waals surface area contributed by atoms with Crippen LogP contribution >= 0.6 is 0 Å². The molecule has 0 spiro atoms. The standard InChI is InChI=1S/C20H25N3O4S/c1-22(2)28(26,27)23-12-10-15(11-13-23)14-18-4-3-5-19(21-18)16-6-8-17(9-7-16)20(24)25/h3-9,15H,10-14H2,1-2H3,(H,24,25). The fourth-order valence-corrected chi connectivity index (χ4v) is 4.54. The number of aromatic nitrogens is 1. The highest BCUT2D eigenvalue weighted by Gasteiger charge is 2.29. The minimum atomic E-state index is -3.34. The fraction of sp³-hybridized carbons (Fsp3) is 0.400. The molecule has 2 aromatic rings. The van der Waals surface area contributed by atoms with E-state index < -0.39 is 16.2 Å². The normalized spacial score (nSPS) is 16.4. The molecule has 0 unspecified atom stereocenters. The Morgan fingerprint density at radius 2 is 1.79 bits per heavy atom. The quantitative estimate of drug-likeness (QED) is 0.800. The number of carbonyl (C=O) groups is 1. The van der Waals surface area contributed by atoms with Gasteiger partial charge in [0, 0.05) is 38.4 Å². The molecule has 0 amide bonds. The monoisotopic (exact) mass is 403 g/mol. The van der Waals surface area contributed by atoms with Crippen molar-refractivity contribution in [3.8, 4) is 11.3 Å². The summed E-state index contributed by atoms with van der Waals surface area (Å²) in [5.41, 5.74) is 2.90. The van der Waals surface area contributed by atoms with Crippen LogP contribution in [0.2, 0.25) is 0 Å². The Kier molecular flexibility index (Phi) is 6.12. The molecule has 0 bridgehead atoms. The van der Waals surface area contributed by atoms with E-state index in [-0.39, 0.29) is 5.56 Å². The van der Waals surface area contributed by atoms with Crippen molar-refractivity contribution in [2.24, 2.45) is 5.92 Å². The number of hydrogen-bond donors (Lipinski definition) is 1. The van der Waals surface area contributed by atoms with Crippen molar-refractivity contribution in [2.75, 3.05) is 27.2 Å².